The number of aliphatic hydroxyl groups is 4. The maximum atomic E-state index is 10.6. The SMILES string of the molecule is O=C(O)CN(CCNC[C@H]1O[C@H](O)[C@H](O)[C@@H](O)[C@@H]1O)CC(=O)O. The molecule has 0 aromatic carbocycles. The summed E-state index contributed by atoms with van der Waals surface area (Å²) in [5.41, 5.74) is 0. The van der Waals surface area contributed by atoms with Crippen LogP contribution in [0, 0.1) is 0 Å². The van der Waals surface area contributed by atoms with E-state index in [0.717, 1.165) is 0 Å². The molecule has 0 radical (unpaired) electrons. The van der Waals surface area contributed by atoms with Crippen molar-refractivity contribution in [1.29, 1.82) is 0 Å². The van der Waals surface area contributed by atoms with Gasteiger partial charge < -0.3 is 40.7 Å². The summed E-state index contributed by atoms with van der Waals surface area (Å²) < 4.78 is 4.95. The Morgan fingerprint density at radius 1 is 0.957 bits per heavy atom. The Morgan fingerprint density at radius 2 is 1.52 bits per heavy atom. The molecule has 0 bridgehead atoms. The first kappa shape index (κ1) is 19.7. The molecule has 0 amide bonds. The molecule has 1 aliphatic rings. The number of hydrogen-bond acceptors (Lipinski definition) is 9. The van der Waals surface area contributed by atoms with Gasteiger partial charge in [0.2, 0.25) is 0 Å². The molecule has 5 atom stereocenters. The predicted molar refractivity (Wildman–Crippen MR) is 73.5 cm³/mol. The van der Waals surface area contributed by atoms with E-state index in [4.69, 9.17) is 14.9 Å². The Labute approximate surface area is 131 Å². The maximum Gasteiger partial charge on any atom is 0.317 e. The van der Waals surface area contributed by atoms with Crippen LogP contribution in [0.5, 0.6) is 0 Å². The van der Waals surface area contributed by atoms with Crippen LogP contribution in [-0.2, 0) is 14.3 Å². The molecule has 1 saturated heterocycles. The minimum absolute atomic E-state index is 0.00991. The number of aliphatic carboxylic acids is 2. The molecule has 1 aliphatic heterocycles. The van der Waals surface area contributed by atoms with E-state index in [-0.39, 0.29) is 19.6 Å². The van der Waals surface area contributed by atoms with Crippen LogP contribution >= 0.6 is 0 Å². The lowest BCUT2D eigenvalue weighted by molar-refractivity contribution is -0.280. The topological polar surface area (TPSA) is 180 Å². The number of carboxylic acids is 2. The molecule has 134 valence electrons. The lowest BCUT2D eigenvalue weighted by Gasteiger charge is -2.38. The number of carbonyl (C=O) groups is 2. The molecule has 0 unspecified atom stereocenters. The molecule has 0 aromatic rings. The molecule has 1 fully saturated rings. The Balaban J connectivity index is 2.37. The minimum atomic E-state index is -1.63. The van der Waals surface area contributed by atoms with E-state index in [9.17, 15) is 30.0 Å². The zero-order valence-corrected chi connectivity index (χ0v) is 12.3. The van der Waals surface area contributed by atoms with Crippen molar-refractivity contribution in [2.45, 2.75) is 30.7 Å². The minimum Gasteiger partial charge on any atom is -0.480 e. The van der Waals surface area contributed by atoms with Gasteiger partial charge in [-0.05, 0) is 0 Å². The standard InChI is InChI=1S/C12H22N2O9/c15-7(16)4-14(5-8(17)18)2-1-13-3-6-9(19)10(20)11(21)12(22)23-6/h6,9-13,19-22H,1-5H2,(H,15,16)(H,17,18)/t6-,9-,10+,11-,12+/m1/s1. The third-order valence-corrected chi connectivity index (χ3v) is 3.36. The van der Waals surface area contributed by atoms with Crippen molar-refractivity contribution >= 4 is 11.9 Å². The van der Waals surface area contributed by atoms with Crippen LogP contribution in [0.3, 0.4) is 0 Å². The van der Waals surface area contributed by atoms with E-state index in [0.29, 0.717) is 0 Å². The van der Waals surface area contributed by atoms with Crippen molar-refractivity contribution in [3.8, 4) is 0 Å². The first-order valence-electron chi connectivity index (χ1n) is 6.96. The Kier molecular flexibility index (Phi) is 7.78. The van der Waals surface area contributed by atoms with Crippen molar-refractivity contribution in [2.24, 2.45) is 0 Å². The van der Waals surface area contributed by atoms with E-state index in [1.54, 1.807) is 0 Å². The lowest BCUT2D eigenvalue weighted by Crippen LogP contribution is -2.59. The van der Waals surface area contributed by atoms with Crippen LogP contribution in [0.2, 0.25) is 0 Å². The largest absolute Gasteiger partial charge is 0.480 e. The fourth-order valence-electron chi connectivity index (χ4n) is 2.18. The van der Waals surface area contributed by atoms with E-state index < -0.39 is 55.7 Å². The summed E-state index contributed by atoms with van der Waals surface area (Å²) in [6, 6.07) is 0. The highest BCUT2D eigenvalue weighted by atomic mass is 16.6. The van der Waals surface area contributed by atoms with E-state index >= 15 is 0 Å². The van der Waals surface area contributed by atoms with Crippen molar-refractivity contribution in [2.75, 3.05) is 32.7 Å². The fraction of sp³-hybridized carbons (Fsp3) is 0.833. The molecule has 0 spiro atoms. The third kappa shape index (κ3) is 6.35. The Hall–Kier alpha value is -1.34. The normalized spacial score (nSPS) is 31.3. The van der Waals surface area contributed by atoms with Gasteiger partial charge in [-0.2, -0.15) is 0 Å². The molecule has 23 heavy (non-hydrogen) atoms. The predicted octanol–water partition coefficient (Wildman–Crippen LogP) is -4.15. The highest BCUT2D eigenvalue weighted by Gasteiger charge is 2.42. The second-order valence-electron chi connectivity index (χ2n) is 5.24. The van der Waals surface area contributed by atoms with Crippen LogP contribution in [0.25, 0.3) is 0 Å². The molecule has 7 N–H and O–H groups in total. The monoisotopic (exact) mass is 338 g/mol. The van der Waals surface area contributed by atoms with Gasteiger partial charge in [0.25, 0.3) is 0 Å². The number of carboxylic acid groups (broad SMARTS) is 2. The van der Waals surface area contributed by atoms with Gasteiger partial charge in [-0.15, -0.1) is 0 Å². The Morgan fingerprint density at radius 3 is 2.04 bits per heavy atom. The van der Waals surface area contributed by atoms with Gasteiger partial charge in [-0.25, -0.2) is 0 Å². The molecule has 0 saturated carbocycles. The number of hydrogen-bond donors (Lipinski definition) is 7. The van der Waals surface area contributed by atoms with E-state index in [1.165, 1.54) is 4.90 Å². The highest BCUT2D eigenvalue weighted by molar-refractivity contribution is 5.72. The highest BCUT2D eigenvalue weighted by Crippen LogP contribution is 2.19. The van der Waals surface area contributed by atoms with Crippen LogP contribution in [0.15, 0.2) is 0 Å². The van der Waals surface area contributed by atoms with Gasteiger partial charge in [0.1, 0.15) is 24.4 Å². The average molecular weight is 338 g/mol. The summed E-state index contributed by atoms with van der Waals surface area (Å²) in [6.45, 7) is -0.534. The van der Waals surface area contributed by atoms with Gasteiger partial charge in [0.05, 0.1) is 13.1 Å². The van der Waals surface area contributed by atoms with Crippen LogP contribution in [-0.4, -0.2) is 111 Å². The van der Waals surface area contributed by atoms with Crippen LogP contribution in [0.1, 0.15) is 0 Å². The van der Waals surface area contributed by atoms with Crippen LogP contribution in [0.4, 0.5) is 0 Å². The van der Waals surface area contributed by atoms with Gasteiger partial charge in [-0.3, -0.25) is 14.5 Å². The summed E-state index contributed by atoms with van der Waals surface area (Å²) in [6.07, 6.45) is -7.18. The first-order valence-corrected chi connectivity index (χ1v) is 6.96. The molecular formula is C12H22N2O9. The molecule has 0 aromatic heterocycles. The van der Waals surface area contributed by atoms with Crippen molar-refractivity contribution in [3.63, 3.8) is 0 Å². The van der Waals surface area contributed by atoms with Gasteiger partial charge in [0, 0.05) is 19.6 Å². The summed E-state index contributed by atoms with van der Waals surface area (Å²) in [4.78, 5) is 22.5. The van der Waals surface area contributed by atoms with Gasteiger partial charge in [-0.1, -0.05) is 0 Å². The molecule has 11 nitrogen and oxygen atoms in total. The smallest absolute Gasteiger partial charge is 0.317 e. The second kappa shape index (κ2) is 9.08. The summed E-state index contributed by atoms with van der Waals surface area (Å²) in [5, 5.41) is 58.1. The lowest BCUT2D eigenvalue weighted by atomic mass is 9.99. The van der Waals surface area contributed by atoms with E-state index in [2.05, 4.69) is 5.32 Å². The number of nitrogens with one attached hydrogen (secondary N) is 1. The molecule has 11 heteroatoms. The van der Waals surface area contributed by atoms with Crippen molar-refractivity contribution in [1.82, 2.24) is 10.2 Å². The number of ether oxygens (including phenoxy) is 1. The first-order chi connectivity index (χ1) is 10.7. The zero-order chi connectivity index (χ0) is 17.6. The maximum absolute atomic E-state index is 10.6. The molecular weight excluding hydrogens is 316 g/mol. The average Bonchev–Trinajstić information content (AvgIpc) is 2.45. The molecule has 1 rings (SSSR count). The van der Waals surface area contributed by atoms with Crippen LogP contribution < -0.4 is 5.32 Å². The number of aliphatic hydroxyl groups excluding tert-OH is 4. The van der Waals surface area contributed by atoms with Gasteiger partial charge >= 0.3 is 11.9 Å². The molecule has 1 heterocycles. The fourth-order valence-corrected chi connectivity index (χ4v) is 2.18. The molecule has 0 aliphatic carbocycles. The van der Waals surface area contributed by atoms with Gasteiger partial charge in [0.15, 0.2) is 6.29 Å². The quantitative estimate of drug-likeness (QED) is 0.203. The number of nitrogens with zero attached hydrogens (tertiary/aromatic N) is 1. The van der Waals surface area contributed by atoms with E-state index in [1.807, 2.05) is 0 Å². The zero-order valence-electron chi connectivity index (χ0n) is 12.3. The second-order valence-corrected chi connectivity index (χ2v) is 5.24. The third-order valence-electron chi connectivity index (χ3n) is 3.36. The van der Waals surface area contributed by atoms with Crippen molar-refractivity contribution < 1.29 is 45.0 Å². The van der Waals surface area contributed by atoms with Crippen molar-refractivity contribution in [3.05, 3.63) is 0 Å². The Bertz CT molecular complexity index is 392. The number of rotatable bonds is 9. The summed E-state index contributed by atoms with van der Waals surface area (Å²) >= 11 is 0. The summed E-state index contributed by atoms with van der Waals surface area (Å²) in [7, 11) is 0. The summed E-state index contributed by atoms with van der Waals surface area (Å²) in [5.74, 6) is -2.31.